The molecule has 1 aliphatic heterocycles. The largest absolute Gasteiger partial charge is 0.384 e. The maximum absolute atomic E-state index is 7.51. The van der Waals surface area contributed by atoms with E-state index in [1.165, 1.54) is 0 Å². The third-order valence-corrected chi connectivity index (χ3v) is 3.50. The number of fused-ring (bicyclic) bond motifs is 1. The molecule has 1 aliphatic rings. The molecular weight excluding hydrogens is 240 g/mol. The van der Waals surface area contributed by atoms with Crippen molar-refractivity contribution in [3.63, 3.8) is 0 Å². The Morgan fingerprint density at radius 3 is 2.95 bits per heavy atom. The molecule has 0 bridgehead atoms. The van der Waals surface area contributed by atoms with Crippen LogP contribution in [0, 0.1) is 12.3 Å². The zero-order valence-electron chi connectivity index (χ0n) is 10.8. The number of hydrogen-bond acceptors (Lipinski definition) is 4. The lowest BCUT2D eigenvalue weighted by molar-refractivity contribution is 0.560. The minimum Gasteiger partial charge on any atom is -0.384 e. The van der Waals surface area contributed by atoms with Crippen LogP contribution in [0.3, 0.4) is 0 Å². The topological polar surface area (TPSA) is 83.8 Å². The van der Waals surface area contributed by atoms with Crippen molar-refractivity contribution in [2.45, 2.75) is 20.0 Å². The Hall–Kier alpha value is -2.37. The molecule has 1 aromatic carbocycles. The zero-order chi connectivity index (χ0) is 13.4. The van der Waals surface area contributed by atoms with Gasteiger partial charge in [0.05, 0.1) is 6.54 Å². The summed E-state index contributed by atoms with van der Waals surface area (Å²) in [6.07, 6.45) is 1.77. The van der Waals surface area contributed by atoms with Gasteiger partial charge in [-0.25, -0.2) is 0 Å². The summed E-state index contributed by atoms with van der Waals surface area (Å²) >= 11 is 0. The molecule has 98 valence electrons. The molecule has 0 unspecified atom stereocenters. The van der Waals surface area contributed by atoms with E-state index in [0.717, 1.165) is 42.3 Å². The predicted octanol–water partition coefficient (Wildman–Crippen LogP) is 0.891. The molecule has 3 N–H and O–H groups in total. The molecule has 3 rings (SSSR count). The summed E-state index contributed by atoms with van der Waals surface area (Å²) in [5.74, 6) is 1.10. The summed E-state index contributed by atoms with van der Waals surface area (Å²) in [5, 5.41) is 15.6. The molecule has 19 heavy (non-hydrogen) atoms. The Morgan fingerprint density at radius 2 is 2.21 bits per heavy atom. The summed E-state index contributed by atoms with van der Waals surface area (Å²) in [6.45, 7) is 4.57. The van der Waals surface area contributed by atoms with Crippen molar-refractivity contribution in [2.24, 2.45) is 5.73 Å². The minimum atomic E-state index is 0.113. The third kappa shape index (κ3) is 2.05. The van der Waals surface area contributed by atoms with E-state index in [-0.39, 0.29) is 5.84 Å². The number of nitrogens with two attached hydrogens (primary N) is 1. The summed E-state index contributed by atoms with van der Waals surface area (Å²) < 4.78 is 2.08. The van der Waals surface area contributed by atoms with Gasteiger partial charge >= 0.3 is 0 Å². The standard InChI is InChI=1S/C13H16N6/c1-9-6-10(2-3-11(9)13(14)15)18-4-5-19-8-16-17-12(19)7-18/h2-3,6,8H,4-5,7H2,1H3,(H3,14,15). The first-order valence-corrected chi connectivity index (χ1v) is 6.22. The molecule has 1 aromatic heterocycles. The number of nitrogen functional groups attached to an aromatic ring is 1. The molecule has 2 aromatic rings. The number of anilines is 1. The monoisotopic (exact) mass is 256 g/mol. The van der Waals surface area contributed by atoms with Crippen LogP contribution in [-0.2, 0) is 13.1 Å². The Bertz CT molecular complexity index is 630. The third-order valence-electron chi connectivity index (χ3n) is 3.50. The average Bonchev–Trinajstić information content (AvgIpc) is 2.85. The summed E-state index contributed by atoms with van der Waals surface area (Å²) in [5.41, 5.74) is 8.50. The molecular formula is C13H16N6. The Morgan fingerprint density at radius 1 is 1.37 bits per heavy atom. The van der Waals surface area contributed by atoms with Gasteiger partial charge in [0, 0.05) is 24.3 Å². The second-order valence-electron chi connectivity index (χ2n) is 4.78. The fourth-order valence-electron chi connectivity index (χ4n) is 2.43. The Kier molecular flexibility index (Phi) is 2.70. The number of nitrogens with one attached hydrogen (secondary N) is 1. The van der Waals surface area contributed by atoms with Gasteiger partial charge in [-0.1, -0.05) is 0 Å². The Labute approximate surface area is 111 Å². The Balaban J connectivity index is 1.88. The number of amidine groups is 1. The van der Waals surface area contributed by atoms with Crippen LogP contribution in [0.2, 0.25) is 0 Å². The molecule has 0 amide bonds. The van der Waals surface area contributed by atoms with E-state index < -0.39 is 0 Å². The summed E-state index contributed by atoms with van der Waals surface area (Å²) in [7, 11) is 0. The van der Waals surface area contributed by atoms with Crippen LogP contribution in [0.5, 0.6) is 0 Å². The van der Waals surface area contributed by atoms with E-state index in [1.54, 1.807) is 6.33 Å². The van der Waals surface area contributed by atoms with Gasteiger partial charge in [-0.3, -0.25) is 5.41 Å². The first-order valence-electron chi connectivity index (χ1n) is 6.22. The van der Waals surface area contributed by atoms with Crippen LogP contribution < -0.4 is 10.6 Å². The summed E-state index contributed by atoms with van der Waals surface area (Å²) in [4.78, 5) is 2.26. The SMILES string of the molecule is Cc1cc(N2CCn3cnnc3C2)ccc1C(=N)N. The second-order valence-corrected chi connectivity index (χ2v) is 4.78. The number of hydrogen-bond donors (Lipinski definition) is 2. The lowest BCUT2D eigenvalue weighted by Crippen LogP contribution is -2.33. The molecule has 0 radical (unpaired) electrons. The number of rotatable bonds is 2. The maximum atomic E-state index is 7.51. The first-order chi connectivity index (χ1) is 9.15. The highest BCUT2D eigenvalue weighted by atomic mass is 15.3. The van der Waals surface area contributed by atoms with Crippen LogP contribution in [0.4, 0.5) is 5.69 Å². The van der Waals surface area contributed by atoms with Crippen LogP contribution in [0.25, 0.3) is 0 Å². The van der Waals surface area contributed by atoms with Gasteiger partial charge in [-0.2, -0.15) is 0 Å². The number of nitrogens with zero attached hydrogens (tertiary/aromatic N) is 4. The number of aryl methyl sites for hydroxylation is 1. The fourth-order valence-corrected chi connectivity index (χ4v) is 2.43. The number of aromatic nitrogens is 3. The molecule has 6 heteroatoms. The van der Waals surface area contributed by atoms with Gasteiger partial charge in [0.1, 0.15) is 12.2 Å². The van der Waals surface area contributed by atoms with Gasteiger partial charge in [0.2, 0.25) is 0 Å². The lowest BCUT2D eigenvalue weighted by atomic mass is 10.1. The molecule has 0 saturated carbocycles. The highest BCUT2D eigenvalue weighted by molar-refractivity contribution is 5.96. The lowest BCUT2D eigenvalue weighted by Gasteiger charge is -2.29. The van der Waals surface area contributed by atoms with Crippen molar-refractivity contribution in [3.8, 4) is 0 Å². The predicted molar refractivity (Wildman–Crippen MR) is 73.3 cm³/mol. The van der Waals surface area contributed by atoms with Gasteiger partial charge in [-0.15, -0.1) is 10.2 Å². The van der Waals surface area contributed by atoms with E-state index in [2.05, 4.69) is 25.7 Å². The zero-order valence-corrected chi connectivity index (χ0v) is 10.8. The number of benzene rings is 1. The van der Waals surface area contributed by atoms with Crippen molar-refractivity contribution in [1.29, 1.82) is 5.41 Å². The van der Waals surface area contributed by atoms with Crippen LogP contribution in [0.1, 0.15) is 17.0 Å². The van der Waals surface area contributed by atoms with Crippen molar-refractivity contribution in [3.05, 3.63) is 41.5 Å². The molecule has 0 spiro atoms. The van der Waals surface area contributed by atoms with E-state index >= 15 is 0 Å². The van der Waals surface area contributed by atoms with Crippen molar-refractivity contribution < 1.29 is 0 Å². The molecule has 2 heterocycles. The highest BCUT2D eigenvalue weighted by Gasteiger charge is 2.18. The van der Waals surface area contributed by atoms with E-state index in [9.17, 15) is 0 Å². The normalized spacial score (nSPS) is 14.3. The molecule has 6 nitrogen and oxygen atoms in total. The maximum Gasteiger partial charge on any atom is 0.152 e. The molecule has 0 saturated heterocycles. The van der Waals surface area contributed by atoms with Crippen molar-refractivity contribution in [1.82, 2.24) is 14.8 Å². The average molecular weight is 256 g/mol. The first kappa shape index (κ1) is 11.7. The van der Waals surface area contributed by atoms with Crippen LogP contribution in [-0.4, -0.2) is 27.1 Å². The fraction of sp³-hybridized carbons (Fsp3) is 0.308. The van der Waals surface area contributed by atoms with Crippen LogP contribution in [0.15, 0.2) is 24.5 Å². The van der Waals surface area contributed by atoms with Crippen LogP contribution >= 0.6 is 0 Å². The highest BCUT2D eigenvalue weighted by Crippen LogP contribution is 2.22. The quantitative estimate of drug-likeness (QED) is 0.617. The minimum absolute atomic E-state index is 0.113. The summed E-state index contributed by atoms with van der Waals surface area (Å²) in [6, 6.07) is 5.99. The molecule has 0 fully saturated rings. The second kappa shape index (κ2) is 4.38. The van der Waals surface area contributed by atoms with E-state index in [4.69, 9.17) is 11.1 Å². The molecule has 0 atom stereocenters. The van der Waals surface area contributed by atoms with Gasteiger partial charge in [0.15, 0.2) is 5.82 Å². The van der Waals surface area contributed by atoms with Gasteiger partial charge in [-0.05, 0) is 30.7 Å². The smallest absolute Gasteiger partial charge is 0.152 e. The van der Waals surface area contributed by atoms with Crippen molar-refractivity contribution >= 4 is 11.5 Å². The van der Waals surface area contributed by atoms with Gasteiger partial charge in [0.25, 0.3) is 0 Å². The molecule has 0 aliphatic carbocycles. The van der Waals surface area contributed by atoms with Gasteiger partial charge < -0.3 is 15.2 Å². The van der Waals surface area contributed by atoms with E-state index in [0.29, 0.717) is 0 Å². The van der Waals surface area contributed by atoms with Crippen molar-refractivity contribution in [2.75, 3.05) is 11.4 Å². The van der Waals surface area contributed by atoms with E-state index in [1.807, 2.05) is 19.1 Å².